The molecule has 224 valence electrons. The highest BCUT2D eigenvalue weighted by Crippen LogP contribution is 2.20. The van der Waals surface area contributed by atoms with E-state index in [4.69, 9.17) is 0 Å². The van der Waals surface area contributed by atoms with Gasteiger partial charge in [0, 0.05) is 69.5 Å². The largest absolute Gasteiger partial charge is 0.337 e. The second-order valence-electron chi connectivity index (χ2n) is 10.7. The molecule has 3 heterocycles. The first-order valence-electron chi connectivity index (χ1n) is 14.6. The van der Waals surface area contributed by atoms with Crippen molar-refractivity contribution in [3.63, 3.8) is 0 Å². The van der Waals surface area contributed by atoms with E-state index in [0.29, 0.717) is 56.8 Å². The first kappa shape index (κ1) is 29.8. The number of pyridine rings is 1. The Morgan fingerprint density at radius 2 is 1.79 bits per heavy atom. The van der Waals surface area contributed by atoms with E-state index in [-0.39, 0.29) is 29.1 Å². The molecule has 3 amide bonds. The molecule has 0 aliphatic carbocycles. The fourth-order valence-electron chi connectivity index (χ4n) is 5.51. The second-order valence-corrected chi connectivity index (χ2v) is 10.7. The molecule has 43 heavy (non-hydrogen) atoms. The van der Waals surface area contributed by atoms with Crippen molar-refractivity contribution in [3.05, 3.63) is 106 Å². The molecule has 4 aromatic rings. The predicted molar refractivity (Wildman–Crippen MR) is 162 cm³/mol. The lowest BCUT2D eigenvalue weighted by molar-refractivity contribution is 0.0556. The number of hydrogen-bond acceptors (Lipinski definition) is 6. The molecule has 0 radical (unpaired) electrons. The van der Waals surface area contributed by atoms with Gasteiger partial charge in [0.05, 0.1) is 16.6 Å². The van der Waals surface area contributed by atoms with Crippen LogP contribution in [0.25, 0.3) is 10.8 Å². The number of carbonyl (C=O) groups excluding carboxylic acids is 2. The van der Waals surface area contributed by atoms with Crippen molar-refractivity contribution in [1.82, 2.24) is 35.6 Å². The molecule has 11 heteroatoms. The number of piperazine rings is 1. The molecule has 0 saturated carbocycles. The van der Waals surface area contributed by atoms with Crippen molar-refractivity contribution in [3.8, 4) is 0 Å². The van der Waals surface area contributed by atoms with Gasteiger partial charge in [0.2, 0.25) is 0 Å². The Morgan fingerprint density at radius 1 is 1.00 bits per heavy atom. The van der Waals surface area contributed by atoms with Gasteiger partial charge in [0.25, 0.3) is 11.5 Å². The van der Waals surface area contributed by atoms with Crippen LogP contribution in [0, 0.1) is 5.82 Å². The average Bonchev–Trinajstić information content (AvgIpc) is 3.04. The molecular weight excluding hydrogens is 549 g/mol. The van der Waals surface area contributed by atoms with E-state index in [1.165, 1.54) is 6.07 Å². The van der Waals surface area contributed by atoms with E-state index in [2.05, 4.69) is 37.6 Å². The highest BCUT2D eigenvalue weighted by atomic mass is 19.1. The van der Waals surface area contributed by atoms with Crippen LogP contribution < -0.4 is 16.2 Å². The lowest BCUT2D eigenvalue weighted by Crippen LogP contribution is -2.55. The summed E-state index contributed by atoms with van der Waals surface area (Å²) >= 11 is 0. The van der Waals surface area contributed by atoms with Crippen LogP contribution in [0.15, 0.2) is 71.8 Å². The van der Waals surface area contributed by atoms with Gasteiger partial charge in [-0.2, -0.15) is 5.10 Å². The number of amides is 3. The number of carbonyl (C=O) groups is 2. The number of aromatic nitrogens is 3. The number of halogens is 1. The molecular formula is C32H36FN7O3. The molecule has 2 aromatic heterocycles. The van der Waals surface area contributed by atoms with Crippen molar-refractivity contribution >= 4 is 22.7 Å². The summed E-state index contributed by atoms with van der Waals surface area (Å²) < 4.78 is 14.9. The smallest absolute Gasteiger partial charge is 0.315 e. The average molecular weight is 586 g/mol. The van der Waals surface area contributed by atoms with Gasteiger partial charge < -0.3 is 15.5 Å². The molecule has 2 aromatic carbocycles. The van der Waals surface area contributed by atoms with Crippen LogP contribution in [0.5, 0.6) is 0 Å². The monoisotopic (exact) mass is 585 g/mol. The molecule has 1 saturated heterocycles. The first-order chi connectivity index (χ1) is 20.9. The van der Waals surface area contributed by atoms with Gasteiger partial charge in [-0.1, -0.05) is 43.7 Å². The zero-order valence-corrected chi connectivity index (χ0v) is 24.2. The van der Waals surface area contributed by atoms with Gasteiger partial charge in [0.1, 0.15) is 5.82 Å². The molecule has 5 rings (SSSR count). The van der Waals surface area contributed by atoms with Gasteiger partial charge in [-0.15, -0.1) is 0 Å². The quantitative estimate of drug-likeness (QED) is 0.262. The standard InChI is InChI=1S/C32H36FN7O3/c1-2-6-24(21-36-32(43)35-20-23-7-5-12-34-19-23)39-13-15-40(16-14-39)31(42)27-17-22(10-11-28(27)33)18-29-25-8-3-4-9-26(25)30(41)38-37-29/h3-5,7-12,17,19,24H,2,6,13-16,18,20-21H2,1H3,(H,38,41)(H2,35,36,43). The number of aromatic amines is 1. The summed E-state index contributed by atoms with van der Waals surface area (Å²) in [6.07, 6.45) is 5.61. The Balaban J connectivity index is 1.18. The Bertz CT molecular complexity index is 1620. The molecule has 1 aliphatic rings. The number of nitrogens with zero attached hydrogens (tertiary/aromatic N) is 4. The molecule has 1 unspecified atom stereocenters. The molecule has 3 N–H and O–H groups in total. The van der Waals surface area contributed by atoms with Gasteiger partial charge in [-0.3, -0.25) is 19.5 Å². The van der Waals surface area contributed by atoms with Crippen molar-refractivity contribution < 1.29 is 14.0 Å². The van der Waals surface area contributed by atoms with Gasteiger partial charge in [-0.25, -0.2) is 14.3 Å². The number of hydrogen-bond donors (Lipinski definition) is 3. The first-order valence-corrected chi connectivity index (χ1v) is 14.6. The Hall–Kier alpha value is -4.64. The number of fused-ring (bicyclic) bond motifs is 1. The number of H-pyrrole nitrogens is 1. The van der Waals surface area contributed by atoms with Crippen LogP contribution in [0.4, 0.5) is 9.18 Å². The normalized spacial score (nSPS) is 14.4. The molecule has 10 nitrogen and oxygen atoms in total. The molecule has 1 aliphatic heterocycles. The van der Waals surface area contributed by atoms with Crippen LogP contribution in [0.3, 0.4) is 0 Å². The Morgan fingerprint density at radius 3 is 2.53 bits per heavy atom. The minimum Gasteiger partial charge on any atom is -0.337 e. The van der Waals surface area contributed by atoms with E-state index in [9.17, 15) is 18.8 Å². The maximum Gasteiger partial charge on any atom is 0.315 e. The summed E-state index contributed by atoms with van der Waals surface area (Å²) in [5.41, 5.74) is 2.05. The topological polar surface area (TPSA) is 123 Å². The van der Waals surface area contributed by atoms with E-state index in [0.717, 1.165) is 29.4 Å². The van der Waals surface area contributed by atoms with Crippen LogP contribution in [0.1, 0.15) is 46.9 Å². The van der Waals surface area contributed by atoms with Crippen molar-refractivity contribution in [2.45, 2.75) is 38.8 Å². The third-order valence-electron chi connectivity index (χ3n) is 7.82. The molecule has 1 atom stereocenters. The lowest BCUT2D eigenvalue weighted by Gasteiger charge is -2.39. The summed E-state index contributed by atoms with van der Waals surface area (Å²) in [7, 11) is 0. The van der Waals surface area contributed by atoms with Crippen LogP contribution >= 0.6 is 0 Å². The fourth-order valence-corrected chi connectivity index (χ4v) is 5.51. The van der Waals surface area contributed by atoms with Crippen LogP contribution in [-0.2, 0) is 13.0 Å². The maximum atomic E-state index is 14.9. The van der Waals surface area contributed by atoms with Gasteiger partial charge >= 0.3 is 6.03 Å². The van der Waals surface area contributed by atoms with E-state index in [1.54, 1.807) is 41.6 Å². The third kappa shape index (κ3) is 7.42. The third-order valence-corrected chi connectivity index (χ3v) is 7.82. The van der Waals surface area contributed by atoms with E-state index >= 15 is 0 Å². The zero-order valence-electron chi connectivity index (χ0n) is 24.2. The summed E-state index contributed by atoms with van der Waals surface area (Å²) in [5.74, 6) is -0.918. The molecule has 1 fully saturated rings. The number of rotatable bonds is 10. The van der Waals surface area contributed by atoms with Gasteiger partial charge in [-0.05, 0) is 41.8 Å². The zero-order chi connectivity index (χ0) is 30.2. The predicted octanol–water partition coefficient (Wildman–Crippen LogP) is 3.47. The molecule has 0 bridgehead atoms. The second kappa shape index (κ2) is 14.0. The Kier molecular flexibility index (Phi) is 9.73. The SMILES string of the molecule is CCCC(CNC(=O)NCc1cccnc1)N1CCN(C(=O)c2cc(Cc3n[nH]c(=O)c4ccccc34)ccc2F)CC1. The fraction of sp³-hybridized carbons (Fsp3) is 0.344. The Labute approximate surface area is 249 Å². The number of benzene rings is 2. The summed E-state index contributed by atoms with van der Waals surface area (Å²) in [4.78, 5) is 46.0. The summed E-state index contributed by atoms with van der Waals surface area (Å²) in [5, 5.41) is 13.8. The lowest BCUT2D eigenvalue weighted by atomic mass is 10.0. The van der Waals surface area contributed by atoms with E-state index in [1.807, 2.05) is 24.3 Å². The van der Waals surface area contributed by atoms with Gasteiger partial charge in [0.15, 0.2) is 0 Å². The highest BCUT2D eigenvalue weighted by Gasteiger charge is 2.28. The number of urea groups is 1. The van der Waals surface area contributed by atoms with Crippen LogP contribution in [-0.4, -0.2) is 75.7 Å². The van der Waals surface area contributed by atoms with Crippen molar-refractivity contribution in [2.24, 2.45) is 0 Å². The van der Waals surface area contributed by atoms with Crippen molar-refractivity contribution in [1.29, 1.82) is 0 Å². The molecule has 0 spiro atoms. The van der Waals surface area contributed by atoms with E-state index < -0.39 is 5.82 Å². The van der Waals surface area contributed by atoms with Crippen LogP contribution in [0.2, 0.25) is 0 Å². The minimum atomic E-state index is -0.569. The maximum absolute atomic E-state index is 14.9. The minimum absolute atomic E-state index is 0.0248. The summed E-state index contributed by atoms with van der Waals surface area (Å²) in [6.45, 7) is 5.17. The summed E-state index contributed by atoms with van der Waals surface area (Å²) in [6, 6.07) is 15.4. The highest BCUT2D eigenvalue weighted by molar-refractivity contribution is 5.95. The number of nitrogens with one attached hydrogen (secondary N) is 3. The van der Waals surface area contributed by atoms with Crippen molar-refractivity contribution in [2.75, 3.05) is 32.7 Å².